The van der Waals surface area contributed by atoms with Crippen LogP contribution in [0, 0.1) is 10.4 Å². The molecule has 0 saturated carbocycles. The molecule has 1 aliphatic heterocycles. The first-order valence-electron chi connectivity index (χ1n) is 3.20. The molecule has 64 valence electrons. The molecule has 0 fully saturated rings. The highest BCUT2D eigenvalue weighted by atomic mass is 17.0. The first-order valence-corrected chi connectivity index (χ1v) is 3.20. The van der Waals surface area contributed by atoms with Crippen molar-refractivity contribution in [1.82, 2.24) is 5.34 Å². The number of anilines is 2. The number of rotatable bonds is 0. The summed E-state index contributed by atoms with van der Waals surface area (Å²) in [7, 11) is 0. The molecule has 6 nitrogen and oxygen atoms in total. The van der Waals surface area contributed by atoms with E-state index in [0.717, 1.165) is 0 Å². The van der Waals surface area contributed by atoms with Crippen LogP contribution in [0.1, 0.15) is 0 Å². The Balaban J connectivity index is 2.48. The maximum Gasteiger partial charge on any atom is 0.172 e. The molecule has 0 saturated heterocycles. The summed E-state index contributed by atoms with van der Waals surface area (Å²) in [6.07, 6.45) is 0. The lowest BCUT2D eigenvalue weighted by Gasteiger charge is -2.35. The predicted octanol–water partition coefficient (Wildman–Crippen LogP) is 0.595. The zero-order valence-corrected chi connectivity index (χ0v) is 5.93. The van der Waals surface area contributed by atoms with Crippen LogP contribution in [0.4, 0.5) is 11.4 Å². The quantitative estimate of drug-likeness (QED) is 0.569. The molecule has 0 amide bonds. The predicted molar refractivity (Wildman–Crippen MR) is 42.5 cm³/mol. The maximum absolute atomic E-state index is 10.9. The molecule has 0 radical (unpaired) electrons. The van der Waals surface area contributed by atoms with Gasteiger partial charge in [-0.05, 0) is 18.2 Å². The molecule has 1 aliphatic rings. The molecule has 1 aromatic carbocycles. The first kappa shape index (κ1) is 7.17. The molecule has 0 unspecified atom stereocenters. The fourth-order valence-corrected chi connectivity index (χ4v) is 0.970. The summed E-state index contributed by atoms with van der Waals surface area (Å²) in [6, 6.07) is 4.39. The Hall–Kier alpha value is -1.50. The lowest BCUT2D eigenvalue weighted by Crippen LogP contribution is -2.29. The van der Waals surface area contributed by atoms with Crippen molar-refractivity contribution in [2.45, 2.75) is 0 Å². The summed E-state index contributed by atoms with van der Waals surface area (Å²) in [4.78, 5) is 4.51. The van der Waals surface area contributed by atoms with Gasteiger partial charge in [0, 0.05) is 5.69 Å². The van der Waals surface area contributed by atoms with Crippen LogP contribution in [-0.4, -0.2) is 5.34 Å². The Kier molecular flexibility index (Phi) is 1.34. The van der Waals surface area contributed by atoms with Gasteiger partial charge in [-0.25, -0.2) is 0 Å². The molecule has 0 bridgehead atoms. The van der Waals surface area contributed by atoms with Gasteiger partial charge in [-0.2, -0.15) is 0 Å². The lowest BCUT2D eigenvalue weighted by atomic mass is 10.2. The first-order chi connectivity index (χ1) is 5.68. The number of benzene rings is 1. The highest BCUT2D eigenvalue weighted by molar-refractivity contribution is 5.66. The fraction of sp³-hybridized carbons (Fsp3) is 0. The summed E-state index contributed by atoms with van der Waals surface area (Å²) in [6.45, 7) is 0. The third kappa shape index (κ3) is 0.866. The summed E-state index contributed by atoms with van der Waals surface area (Å²) in [5.74, 6) is 0.217. The normalized spacial score (nSPS) is 16.0. The van der Waals surface area contributed by atoms with Crippen molar-refractivity contribution < 1.29 is 4.84 Å². The van der Waals surface area contributed by atoms with Crippen LogP contribution in [0.25, 0.3) is 0 Å². The van der Waals surface area contributed by atoms with Gasteiger partial charge in [-0.3, -0.25) is 0 Å². The highest BCUT2D eigenvalue weighted by Gasteiger charge is 2.15. The molecule has 2 rings (SSSR count). The number of hydrogen-bond donors (Lipinski definition) is 1. The zero-order valence-electron chi connectivity index (χ0n) is 5.93. The van der Waals surface area contributed by atoms with Gasteiger partial charge in [-0.15, -0.1) is 5.34 Å². The minimum absolute atomic E-state index is 0.0890. The van der Waals surface area contributed by atoms with Crippen molar-refractivity contribution in [2.24, 2.45) is 0 Å². The molecule has 2 N–H and O–H groups in total. The van der Waals surface area contributed by atoms with Crippen molar-refractivity contribution in [3.05, 3.63) is 28.6 Å². The van der Waals surface area contributed by atoms with E-state index < -0.39 is 0 Å². The second-order valence-electron chi connectivity index (χ2n) is 2.33. The van der Waals surface area contributed by atoms with Crippen LogP contribution < -0.4 is 15.7 Å². The van der Waals surface area contributed by atoms with Gasteiger partial charge in [0.1, 0.15) is 0 Å². The Morgan fingerprint density at radius 1 is 1.33 bits per heavy atom. The Morgan fingerprint density at radius 3 is 2.83 bits per heavy atom. The Bertz CT molecular complexity index is 317. The molecule has 0 spiro atoms. The van der Waals surface area contributed by atoms with Gasteiger partial charge in [0.15, 0.2) is 5.75 Å². The molecular formula is C6H5N3O3-2. The van der Waals surface area contributed by atoms with Gasteiger partial charge >= 0.3 is 0 Å². The standard InChI is InChI=1S/C6H5N3O3/c7-4-1-2-6-5(3-4)8(10)9(11)12-6/h1-3H,7H2/q-2. The average molecular weight is 167 g/mol. The largest absolute Gasteiger partial charge is 0.741 e. The van der Waals surface area contributed by atoms with E-state index in [1.54, 1.807) is 6.07 Å². The topological polar surface area (TPSA) is 87.8 Å². The van der Waals surface area contributed by atoms with E-state index in [1.807, 2.05) is 0 Å². The van der Waals surface area contributed by atoms with E-state index in [2.05, 4.69) is 4.84 Å². The van der Waals surface area contributed by atoms with Gasteiger partial charge in [0.2, 0.25) is 0 Å². The van der Waals surface area contributed by atoms with Crippen LogP contribution in [0.15, 0.2) is 18.2 Å². The average Bonchev–Trinajstić information content (AvgIpc) is 2.31. The van der Waals surface area contributed by atoms with E-state index in [0.29, 0.717) is 5.69 Å². The highest BCUT2D eigenvalue weighted by Crippen LogP contribution is 2.36. The van der Waals surface area contributed by atoms with Gasteiger partial charge in [0.05, 0.1) is 5.69 Å². The number of fused-ring (bicyclic) bond motifs is 1. The van der Waals surface area contributed by atoms with Crippen LogP contribution >= 0.6 is 0 Å². The van der Waals surface area contributed by atoms with Crippen molar-refractivity contribution in [1.29, 1.82) is 0 Å². The number of hydrazine groups is 1. The van der Waals surface area contributed by atoms with Crippen molar-refractivity contribution in [3.63, 3.8) is 0 Å². The summed E-state index contributed by atoms with van der Waals surface area (Å²) < 4.78 is 0. The van der Waals surface area contributed by atoms with Crippen molar-refractivity contribution >= 4 is 11.4 Å². The van der Waals surface area contributed by atoms with Crippen LogP contribution in [-0.2, 0) is 0 Å². The van der Waals surface area contributed by atoms with Gasteiger partial charge in [0.25, 0.3) is 0 Å². The molecule has 6 heteroatoms. The minimum Gasteiger partial charge on any atom is -0.741 e. The SMILES string of the molecule is Nc1ccc2c(c1)N([O-])N([O-])O2. The van der Waals surface area contributed by atoms with E-state index in [9.17, 15) is 10.4 Å². The smallest absolute Gasteiger partial charge is 0.172 e. The monoisotopic (exact) mass is 167 g/mol. The van der Waals surface area contributed by atoms with E-state index in [-0.39, 0.29) is 21.9 Å². The fourth-order valence-electron chi connectivity index (χ4n) is 0.970. The molecule has 1 aromatic rings. The summed E-state index contributed by atoms with van der Waals surface area (Å²) >= 11 is 0. The van der Waals surface area contributed by atoms with Crippen LogP contribution in [0.3, 0.4) is 0 Å². The van der Waals surface area contributed by atoms with E-state index in [4.69, 9.17) is 5.73 Å². The van der Waals surface area contributed by atoms with Crippen molar-refractivity contribution in [3.8, 4) is 5.75 Å². The molecule has 1 heterocycles. The zero-order chi connectivity index (χ0) is 8.72. The van der Waals surface area contributed by atoms with E-state index >= 15 is 0 Å². The molecule has 0 aliphatic carbocycles. The second-order valence-corrected chi connectivity index (χ2v) is 2.33. The molecule has 12 heavy (non-hydrogen) atoms. The Labute approximate surface area is 67.8 Å². The van der Waals surface area contributed by atoms with Crippen LogP contribution in [0.2, 0.25) is 0 Å². The summed E-state index contributed by atoms with van der Waals surface area (Å²) in [5.41, 5.74) is 5.94. The third-order valence-electron chi connectivity index (χ3n) is 1.51. The lowest BCUT2D eigenvalue weighted by molar-refractivity contribution is 0.0149. The van der Waals surface area contributed by atoms with Gasteiger partial charge in [-0.1, -0.05) is 0 Å². The third-order valence-corrected chi connectivity index (χ3v) is 1.51. The number of nitrogen functional groups attached to an aromatic ring is 1. The van der Waals surface area contributed by atoms with Gasteiger partial charge < -0.3 is 26.2 Å². The van der Waals surface area contributed by atoms with Crippen LogP contribution in [0.5, 0.6) is 5.75 Å². The second kappa shape index (κ2) is 2.24. The summed E-state index contributed by atoms with van der Waals surface area (Å²) in [5, 5.41) is 21.4. The van der Waals surface area contributed by atoms with Crippen molar-refractivity contribution in [2.75, 3.05) is 10.9 Å². The molecule has 0 aromatic heterocycles. The molecular weight excluding hydrogens is 162 g/mol. The maximum atomic E-state index is 10.9. The number of hydrogen-bond acceptors (Lipinski definition) is 6. The molecule has 0 atom stereocenters. The van der Waals surface area contributed by atoms with E-state index in [1.165, 1.54) is 12.1 Å². The number of nitrogens with two attached hydrogens (primary N) is 1. The minimum atomic E-state index is -0.149. The Morgan fingerprint density at radius 2 is 2.08 bits per heavy atom. The number of nitrogens with zero attached hydrogens (tertiary/aromatic N) is 2.